The van der Waals surface area contributed by atoms with E-state index in [1.54, 1.807) is 0 Å². The molecule has 3 rings (SSSR count). The molecular formula is C17H28N6O2. The fourth-order valence-corrected chi connectivity index (χ4v) is 3.61. The normalized spacial score (nSPS) is 19.6. The third-order valence-corrected chi connectivity index (χ3v) is 5.21. The number of anilines is 2. The number of aromatic nitrogens is 2. The molecular weight excluding hydrogens is 320 g/mol. The van der Waals surface area contributed by atoms with Crippen LogP contribution in [0.3, 0.4) is 0 Å². The van der Waals surface area contributed by atoms with E-state index in [0.29, 0.717) is 29.8 Å². The molecule has 1 aromatic heterocycles. The van der Waals surface area contributed by atoms with Gasteiger partial charge in [-0.2, -0.15) is 4.98 Å². The van der Waals surface area contributed by atoms with Crippen LogP contribution in [0.5, 0.6) is 0 Å². The van der Waals surface area contributed by atoms with Gasteiger partial charge in [-0.3, -0.25) is 10.1 Å². The van der Waals surface area contributed by atoms with Crippen molar-refractivity contribution >= 4 is 17.5 Å². The summed E-state index contributed by atoms with van der Waals surface area (Å²) in [6, 6.07) is 0.720. The van der Waals surface area contributed by atoms with E-state index in [0.717, 1.165) is 19.4 Å². The third kappa shape index (κ3) is 4.78. The van der Waals surface area contributed by atoms with Crippen molar-refractivity contribution < 1.29 is 4.92 Å². The lowest BCUT2D eigenvalue weighted by Gasteiger charge is -2.35. The fraction of sp³-hybridized carbons (Fsp3) is 0.765. The van der Waals surface area contributed by atoms with Crippen LogP contribution < -0.4 is 10.6 Å². The Bertz CT molecular complexity index is 599. The van der Waals surface area contributed by atoms with Crippen LogP contribution in [0, 0.1) is 16.0 Å². The Kier molecular flexibility index (Phi) is 5.67. The average molecular weight is 348 g/mol. The number of hydrogen-bond acceptors (Lipinski definition) is 7. The summed E-state index contributed by atoms with van der Waals surface area (Å²) in [7, 11) is 4.22. The zero-order chi connectivity index (χ0) is 17.8. The highest BCUT2D eigenvalue weighted by molar-refractivity contribution is 5.58. The lowest BCUT2D eigenvalue weighted by atomic mass is 9.83. The summed E-state index contributed by atoms with van der Waals surface area (Å²) < 4.78 is 0. The number of nitrogens with one attached hydrogen (secondary N) is 2. The monoisotopic (exact) mass is 348 g/mol. The van der Waals surface area contributed by atoms with E-state index in [-0.39, 0.29) is 5.69 Å². The zero-order valence-corrected chi connectivity index (χ0v) is 15.1. The molecule has 1 atom stereocenters. The van der Waals surface area contributed by atoms with Gasteiger partial charge in [0, 0.05) is 18.6 Å². The molecule has 138 valence electrons. The Hall–Kier alpha value is -1.96. The molecule has 0 unspecified atom stereocenters. The molecule has 8 heteroatoms. The molecule has 2 aliphatic carbocycles. The predicted molar refractivity (Wildman–Crippen MR) is 97.9 cm³/mol. The Morgan fingerprint density at radius 1 is 1.28 bits per heavy atom. The molecule has 0 aromatic carbocycles. The van der Waals surface area contributed by atoms with Crippen molar-refractivity contribution in [3.8, 4) is 0 Å². The summed E-state index contributed by atoms with van der Waals surface area (Å²) in [5.74, 6) is 1.46. The van der Waals surface area contributed by atoms with E-state index in [2.05, 4.69) is 39.6 Å². The lowest BCUT2D eigenvalue weighted by molar-refractivity contribution is -0.384. The molecule has 0 aliphatic heterocycles. The predicted octanol–water partition coefficient (Wildman–Crippen LogP) is 2.88. The van der Waals surface area contributed by atoms with Gasteiger partial charge in [0.05, 0.1) is 4.92 Å². The number of hydrogen-bond donors (Lipinski definition) is 2. The molecule has 2 N–H and O–H groups in total. The van der Waals surface area contributed by atoms with Crippen LogP contribution in [-0.2, 0) is 0 Å². The van der Waals surface area contributed by atoms with Gasteiger partial charge < -0.3 is 15.5 Å². The average Bonchev–Trinajstić information content (AvgIpc) is 3.39. The van der Waals surface area contributed by atoms with Crippen molar-refractivity contribution in [2.45, 2.75) is 57.0 Å². The quantitative estimate of drug-likeness (QED) is 0.551. The molecule has 0 amide bonds. The van der Waals surface area contributed by atoms with E-state index in [9.17, 15) is 10.1 Å². The fourth-order valence-electron chi connectivity index (χ4n) is 3.61. The topological polar surface area (TPSA) is 96.2 Å². The van der Waals surface area contributed by atoms with Crippen LogP contribution in [0.2, 0.25) is 0 Å². The lowest BCUT2D eigenvalue weighted by Crippen LogP contribution is -2.41. The van der Waals surface area contributed by atoms with Gasteiger partial charge in [0.2, 0.25) is 11.8 Å². The van der Waals surface area contributed by atoms with Crippen molar-refractivity contribution in [3.05, 3.63) is 16.3 Å². The van der Waals surface area contributed by atoms with Gasteiger partial charge in [-0.15, -0.1) is 0 Å². The largest absolute Gasteiger partial charge is 0.361 e. The summed E-state index contributed by atoms with van der Waals surface area (Å²) in [6.45, 7) is 0.748. The minimum atomic E-state index is -0.431. The first-order valence-electron chi connectivity index (χ1n) is 9.23. The number of rotatable bonds is 8. The van der Waals surface area contributed by atoms with Gasteiger partial charge in [-0.05, 0) is 45.7 Å². The highest BCUT2D eigenvalue weighted by Crippen LogP contribution is 2.30. The molecule has 2 saturated carbocycles. The maximum absolute atomic E-state index is 11.2. The molecule has 25 heavy (non-hydrogen) atoms. The van der Waals surface area contributed by atoms with Gasteiger partial charge in [0.15, 0.2) is 0 Å². The Morgan fingerprint density at radius 3 is 2.60 bits per heavy atom. The van der Waals surface area contributed by atoms with Crippen molar-refractivity contribution in [2.24, 2.45) is 5.92 Å². The van der Waals surface area contributed by atoms with E-state index in [1.807, 2.05) is 0 Å². The summed E-state index contributed by atoms with van der Waals surface area (Å²) in [4.78, 5) is 21.5. The van der Waals surface area contributed by atoms with Crippen molar-refractivity contribution in [1.82, 2.24) is 14.9 Å². The van der Waals surface area contributed by atoms with Crippen LogP contribution in [0.1, 0.15) is 44.9 Å². The van der Waals surface area contributed by atoms with Gasteiger partial charge in [-0.1, -0.05) is 19.3 Å². The molecule has 1 heterocycles. The highest BCUT2D eigenvalue weighted by atomic mass is 16.6. The second-order valence-electron chi connectivity index (χ2n) is 7.41. The van der Waals surface area contributed by atoms with Gasteiger partial charge in [0.25, 0.3) is 0 Å². The van der Waals surface area contributed by atoms with Crippen LogP contribution >= 0.6 is 0 Å². The summed E-state index contributed by atoms with van der Waals surface area (Å²) >= 11 is 0. The van der Waals surface area contributed by atoms with Gasteiger partial charge in [0.1, 0.15) is 6.20 Å². The summed E-state index contributed by atoms with van der Waals surface area (Å²) in [5, 5.41) is 17.6. The molecule has 0 radical (unpaired) electrons. The molecule has 2 fully saturated rings. The Balaban J connectivity index is 1.67. The van der Waals surface area contributed by atoms with E-state index in [1.165, 1.54) is 38.3 Å². The maximum atomic E-state index is 11.2. The maximum Gasteiger partial charge on any atom is 0.329 e. The number of nitro groups is 1. The summed E-state index contributed by atoms with van der Waals surface area (Å²) in [5.41, 5.74) is -0.0612. The van der Waals surface area contributed by atoms with Gasteiger partial charge in [-0.25, -0.2) is 4.98 Å². The molecule has 0 saturated heterocycles. The third-order valence-electron chi connectivity index (χ3n) is 5.21. The van der Waals surface area contributed by atoms with Crippen molar-refractivity contribution in [1.29, 1.82) is 0 Å². The highest BCUT2D eigenvalue weighted by Gasteiger charge is 2.28. The minimum absolute atomic E-state index is 0.0612. The second-order valence-corrected chi connectivity index (χ2v) is 7.41. The minimum Gasteiger partial charge on any atom is -0.361 e. The number of nitrogens with zero attached hydrogens (tertiary/aromatic N) is 4. The zero-order valence-electron chi connectivity index (χ0n) is 15.1. The Labute approximate surface area is 148 Å². The van der Waals surface area contributed by atoms with E-state index < -0.39 is 4.92 Å². The van der Waals surface area contributed by atoms with Crippen LogP contribution in [0.25, 0.3) is 0 Å². The second kappa shape index (κ2) is 7.95. The smallest absolute Gasteiger partial charge is 0.329 e. The van der Waals surface area contributed by atoms with E-state index >= 15 is 0 Å². The van der Waals surface area contributed by atoms with Crippen LogP contribution in [0.15, 0.2) is 6.20 Å². The summed E-state index contributed by atoms with van der Waals surface area (Å²) in [6.07, 6.45) is 9.84. The SMILES string of the molecule is CN(C)[C@@H](CNc1ncc([N+](=O)[O-])c(NC2CC2)n1)C1CCCCC1. The van der Waals surface area contributed by atoms with Crippen LogP contribution in [0.4, 0.5) is 17.5 Å². The first-order valence-corrected chi connectivity index (χ1v) is 9.23. The van der Waals surface area contributed by atoms with Gasteiger partial charge >= 0.3 is 5.69 Å². The first kappa shape index (κ1) is 17.8. The standard InChI is InChI=1S/C17H28N6O2/c1-22(2)14(12-6-4-3-5-7-12)10-18-17-19-11-15(23(24)25)16(21-17)20-13-8-9-13/h11-14H,3-10H2,1-2H3,(H2,18,19,20,21)/t14-/m0/s1. The first-order chi connectivity index (χ1) is 12.0. The molecule has 0 spiro atoms. The van der Waals surface area contributed by atoms with Crippen LogP contribution in [-0.4, -0.2) is 52.5 Å². The molecule has 8 nitrogen and oxygen atoms in total. The van der Waals surface area contributed by atoms with Crippen molar-refractivity contribution in [3.63, 3.8) is 0 Å². The van der Waals surface area contributed by atoms with E-state index in [4.69, 9.17) is 0 Å². The molecule has 2 aliphatic rings. The molecule has 1 aromatic rings. The molecule has 0 bridgehead atoms. The number of likely N-dealkylation sites (N-methyl/N-ethyl adjacent to an activating group) is 1. The van der Waals surface area contributed by atoms with Crippen molar-refractivity contribution in [2.75, 3.05) is 31.3 Å². The Morgan fingerprint density at radius 2 is 2.00 bits per heavy atom.